The number of amides is 1. The Bertz CT molecular complexity index is 435. The Morgan fingerprint density at radius 2 is 2.48 bits per heavy atom. The number of thioether (sulfide) groups is 1. The van der Waals surface area contributed by atoms with Crippen LogP contribution in [0.25, 0.3) is 0 Å². The summed E-state index contributed by atoms with van der Waals surface area (Å²) in [6.45, 7) is 2.98. The number of hydrogen-bond acceptors (Lipinski definition) is 4. The lowest BCUT2D eigenvalue weighted by Crippen LogP contribution is -2.58. The van der Waals surface area contributed by atoms with Gasteiger partial charge in [0, 0.05) is 0 Å². The minimum absolute atomic E-state index is 0.172. The summed E-state index contributed by atoms with van der Waals surface area (Å²) in [6.07, 6.45) is 6.84. The topological polar surface area (TPSA) is 68.3 Å². The molecule has 0 spiro atoms. The number of nitrogens with one attached hydrogen (secondary N) is 1. The van der Waals surface area contributed by atoms with Gasteiger partial charge in [-0.3, -0.25) is 4.79 Å². The van der Waals surface area contributed by atoms with Crippen LogP contribution in [-0.2, 0) is 10.5 Å². The maximum atomic E-state index is 12.0. The largest absolute Gasteiger partial charge is 0.468 e. The van der Waals surface area contributed by atoms with Crippen LogP contribution in [0.2, 0.25) is 0 Å². The van der Waals surface area contributed by atoms with Crippen molar-refractivity contribution in [3.05, 3.63) is 24.2 Å². The molecule has 0 saturated heterocycles. The molecule has 3 N–H and O–H groups in total. The molecule has 1 saturated carbocycles. The molecule has 1 aromatic rings. The van der Waals surface area contributed by atoms with Crippen LogP contribution < -0.4 is 11.1 Å². The lowest BCUT2D eigenvalue weighted by atomic mass is 9.84. The Morgan fingerprint density at radius 1 is 1.62 bits per heavy atom. The quantitative estimate of drug-likeness (QED) is 0.688. The average Bonchev–Trinajstić information content (AvgIpc) is 3.11. The highest BCUT2D eigenvalue weighted by Crippen LogP contribution is 2.38. The SMILES string of the molecule is CCCNC1(C(N)=O)CCCC1CCSCc1ccco1. The smallest absolute Gasteiger partial charge is 0.238 e. The molecule has 1 fully saturated rings. The summed E-state index contributed by atoms with van der Waals surface area (Å²) in [7, 11) is 0. The number of nitrogens with two attached hydrogens (primary N) is 1. The van der Waals surface area contributed by atoms with E-state index in [0.717, 1.165) is 55.9 Å². The van der Waals surface area contributed by atoms with Crippen molar-refractivity contribution in [2.75, 3.05) is 12.3 Å². The van der Waals surface area contributed by atoms with E-state index in [2.05, 4.69) is 12.2 Å². The average molecular weight is 310 g/mol. The summed E-state index contributed by atoms with van der Waals surface area (Å²) in [5, 5.41) is 3.45. The Kier molecular flexibility index (Phi) is 6.18. The zero-order valence-electron chi connectivity index (χ0n) is 12.8. The van der Waals surface area contributed by atoms with E-state index in [-0.39, 0.29) is 5.91 Å². The highest BCUT2D eigenvalue weighted by Gasteiger charge is 2.46. The van der Waals surface area contributed by atoms with Crippen LogP contribution in [0.1, 0.15) is 44.8 Å². The number of furan rings is 1. The van der Waals surface area contributed by atoms with E-state index in [0.29, 0.717) is 5.92 Å². The molecule has 2 rings (SSSR count). The molecule has 21 heavy (non-hydrogen) atoms. The predicted octanol–water partition coefficient (Wildman–Crippen LogP) is 2.93. The molecule has 4 nitrogen and oxygen atoms in total. The van der Waals surface area contributed by atoms with Gasteiger partial charge in [-0.05, 0) is 56.0 Å². The summed E-state index contributed by atoms with van der Waals surface area (Å²) in [6, 6.07) is 3.92. The maximum Gasteiger partial charge on any atom is 0.238 e. The third kappa shape index (κ3) is 4.04. The number of rotatable bonds is 9. The van der Waals surface area contributed by atoms with Gasteiger partial charge in [0.15, 0.2) is 0 Å². The van der Waals surface area contributed by atoms with Crippen molar-refractivity contribution >= 4 is 17.7 Å². The summed E-state index contributed by atoms with van der Waals surface area (Å²) < 4.78 is 5.33. The lowest BCUT2D eigenvalue weighted by molar-refractivity contribution is -0.126. The van der Waals surface area contributed by atoms with Gasteiger partial charge in [0.1, 0.15) is 11.3 Å². The molecule has 1 aliphatic carbocycles. The molecular weight excluding hydrogens is 284 g/mol. The Labute approximate surface area is 131 Å². The van der Waals surface area contributed by atoms with Gasteiger partial charge in [-0.2, -0.15) is 11.8 Å². The first-order valence-corrected chi connectivity index (χ1v) is 8.99. The van der Waals surface area contributed by atoms with Crippen LogP contribution in [0.5, 0.6) is 0 Å². The van der Waals surface area contributed by atoms with Crippen molar-refractivity contribution in [3.8, 4) is 0 Å². The van der Waals surface area contributed by atoms with Gasteiger partial charge in [-0.15, -0.1) is 0 Å². The van der Waals surface area contributed by atoms with Crippen molar-refractivity contribution in [2.45, 2.75) is 50.3 Å². The molecule has 2 unspecified atom stereocenters. The second kappa shape index (κ2) is 7.90. The molecule has 5 heteroatoms. The van der Waals surface area contributed by atoms with Crippen molar-refractivity contribution in [1.82, 2.24) is 5.32 Å². The first kappa shape index (κ1) is 16.4. The minimum Gasteiger partial charge on any atom is -0.468 e. The van der Waals surface area contributed by atoms with Crippen molar-refractivity contribution in [2.24, 2.45) is 11.7 Å². The van der Waals surface area contributed by atoms with E-state index >= 15 is 0 Å². The van der Waals surface area contributed by atoms with Crippen molar-refractivity contribution in [1.29, 1.82) is 0 Å². The van der Waals surface area contributed by atoms with Crippen LogP contribution in [0.4, 0.5) is 0 Å². The first-order valence-electron chi connectivity index (χ1n) is 7.84. The minimum atomic E-state index is -0.471. The van der Waals surface area contributed by atoms with E-state index < -0.39 is 5.54 Å². The van der Waals surface area contributed by atoms with Gasteiger partial charge in [0.2, 0.25) is 5.91 Å². The number of carbonyl (C=O) groups excluding carboxylic acids is 1. The fourth-order valence-corrected chi connectivity index (χ4v) is 4.21. The van der Waals surface area contributed by atoms with Gasteiger partial charge in [-0.25, -0.2) is 0 Å². The van der Waals surface area contributed by atoms with Gasteiger partial charge in [0.25, 0.3) is 0 Å². The van der Waals surface area contributed by atoms with Gasteiger partial charge in [-0.1, -0.05) is 13.3 Å². The number of hydrogen-bond donors (Lipinski definition) is 2. The number of primary amides is 1. The molecule has 2 atom stereocenters. The molecule has 0 aliphatic heterocycles. The van der Waals surface area contributed by atoms with Gasteiger partial charge in [0.05, 0.1) is 12.0 Å². The molecule has 0 aromatic carbocycles. The van der Waals surface area contributed by atoms with Gasteiger partial charge < -0.3 is 15.5 Å². The van der Waals surface area contributed by atoms with Crippen LogP contribution >= 0.6 is 11.8 Å². The Hall–Kier alpha value is -0.940. The summed E-state index contributed by atoms with van der Waals surface area (Å²) in [5.74, 6) is 3.14. The normalized spacial score (nSPS) is 25.3. The van der Waals surface area contributed by atoms with E-state index in [9.17, 15) is 4.79 Å². The van der Waals surface area contributed by atoms with Crippen molar-refractivity contribution in [3.63, 3.8) is 0 Å². The standard InChI is InChI=1S/C16H26N2O2S/c1-2-9-18-16(15(17)19)8-3-5-13(16)7-11-21-12-14-6-4-10-20-14/h4,6,10,13,18H,2-3,5,7-9,11-12H2,1H3,(H2,17,19). The van der Waals surface area contributed by atoms with Crippen LogP contribution in [0.15, 0.2) is 22.8 Å². The third-order valence-corrected chi connectivity index (χ3v) is 5.40. The molecule has 1 heterocycles. The molecule has 0 radical (unpaired) electrons. The fourth-order valence-electron chi connectivity index (χ4n) is 3.25. The van der Waals surface area contributed by atoms with E-state index in [1.165, 1.54) is 0 Å². The van der Waals surface area contributed by atoms with Crippen LogP contribution in [0, 0.1) is 5.92 Å². The first-order chi connectivity index (χ1) is 10.2. The van der Waals surface area contributed by atoms with Crippen LogP contribution in [-0.4, -0.2) is 23.7 Å². The molecular formula is C16H26N2O2S. The predicted molar refractivity (Wildman–Crippen MR) is 87.0 cm³/mol. The molecule has 0 bridgehead atoms. The second-order valence-corrected chi connectivity index (χ2v) is 6.88. The van der Waals surface area contributed by atoms with Crippen molar-refractivity contribution < 1.29 is 9.21 Å². The molecule has 1 aromatic heterocycles. The molecule has 118 valence electrons. The Balaban J connectivity index is 1.83. The summed E-state index contributed by atoms with van der Waals surface area (Å²) in [5.41, 5.74) is 5.25. The third-order valence-electron chi connectivity index (χ3n) is 4.39. The van der Waals surface area contributed by atoms with E-state index in [1.54, 1.807) is 6.26 Å². The summed E-state index contributed by atoms with van der Waals surface area (Å²) >= 11 is 1.86. The zero-order chi connectivity index (χ0) is 15.1. The monoisotopic (exact) mass is 310 g/mol. The summed E-state index contributed by atoms with van der Waals surface area (Å²) in [4.78, 5) is 12.0. The highest BCUT2D eigenvalue weighted by molar-refractivity contribution is 7.98. The zero-order valence-corrected chi connectivity index (χ0v) is 13.6. The second-order valence-electron chi connectivity index (χ2n) is 5.77. The molecule has 1 aliphatic rings. The van der Waals surface area contributed by atoms with Gasteiger partial charge >= 0.3 is 0 Å². The maximum absolute atomic E-state index is 12.0. The van der Waals surface area contributed by atoms with E-state index in [4.69, 9.17) is 10.2 Å². The highest BCUT2D eigenvalue weighted by atomic mass is 32.2. The number of carbonyl (C=O) groups is 1. The fraction of sp³-hybridized carbons (Fsp3) is 0.688. The molecule has 1 amide bonds. The Morgan fingerprint density at radius 3 is 3.14 bits per heavy atom. The van der Waals surface area contributed by atoms with E-state index in [1.807, 2.05) is 23.9 Å². The lowest BCUT2D eigenvalue weighted by Gasteiger charge is -2.33. The van der Waals surface area contributed by atoms with Crippen LogP contribution in [0.3, 0.4) is 0 Å².